The van der Waals surface area contributed by atoms with Gasteiger partial charge in [-0.15, -0.1) is 0 Å². The summed E-state index contributed by atoms with van der Waals surface area (Å²) in [5.74, 6) is -0.174. The number of benzene rings is 1. The zero-order chi connectivity index (χ0) is 11.0. The minimum atomic E-state index is -0.174. The van der Waals surface area contributed by atoms with Gasteiger partial charge in [0.2, 0.25) is 0 Å². The van der Waals surface area contributed by atoms with Crippen LogP contribution in [0, 0.1) is 5.82 Å². The molecule has 1 aromatic carbocycles. The van der Waals surface area contributed by atoms with E-state index < -0.39 is 0 Å². The highest BCUT2D eigenvalue weighted by atomic mass is 19.1. The lowest BCUT2D eigenvalue weighted by Crippen LogP contribution is -2.34. The van der Waals surface area contributed by atoms with Gasteiger partial charge in [0, 0.05) is 23.7 Å². The maximum Gasteiger partial charge on any atom is 0.147 e. The summed E-state index contributed by atoms with van der Waals surface area (Å²) < 4.78 is 13.4. The zero-order valence-corrected chi connectivity index (χ0v) is 9.09. The summed E-state index contributed by atoms with van der Waals surface area (Å²) in [6, 6.07) is 7.85. The monoisotopic (exact) mass is 218 g/mol. The molecule has 3 rings (SSSR count). The van der Waals surface area contributed by atoms with Crippen LogP contribution in [0.2, 0.25) is 0 Å². The fourth-order valence-corrected chi connectivity index (χ4v) is 2.14. The highest BCUT2D eigenvalue weighted by Gasteiger charge is 2.16. The van der Waals surface area contributed by atoms with Crippen molar-refractivity contribution < 1.29 is 4.39 Å². The Kier molecular flexibility index (Phi) is 2.40. The van der Waals surface area contributed by atoms with Gasteiger partial charge < -0.3 is 10.3 Å². The molecule has 0 unspecified atom stereocenters. The molecule has 1 aromatic heterocycles. The average Bonchev–Trinajstić information content (AvgIpc) is 2.60. The van der Waals surface area contributed by atoms with Crippen LogP contribution in [-0.4, -0.2) is 11.0 Å². The van der Waals surface area contributed by atoms with Crippen LogP contribution < -0.4 is 5.32 Å². The summed E-state index contributed by atoms with van der Waals surface area (Å²) in [4.78, 5) is 3.13. The molecule has 0 aliphatic heterocycles. The largest absolute Gasteiger partial charge is 0.355 e. The maximum absolute atomic E-state index is 13.4. The number of para-hydroxylation sites is 1. The second-order valence-electron chi connectivity index (χ2n) is 4.51. The molecular weight excluding hydrogens is 203 g/mol. The van der Waals surface area contributed by atoms with Gasteiger partial charge in [-0.25, -0.2) is 4.39 Å². The Labute approximate surface area is 93.9 Å². The van der Waals surface area contributed by atoms with Crippen LogP contribution >= 0.6 is 0 Å². The topological polar surface area (TPSA) is 27.8 Å². The fourth-order valence-electron chi connectivity index (χ4n) is 2.14. The van der Waals surface area contributed by atoms with E-state index >= 15 is 0 Å². The second kappa shape index (κ2) is 3.91. The molecular formula is C13H15FN2. The highest BCUT2D eigenvalue weighted by Crippen LogP contribution is 2.20. The van der Waals surface area contributed by atoms with E-state index in [0.29, 0.717) is 11.6 Å². The van der Waals surface area contributed by atoms with E-state index in [9.17, 15) is 4.39 Å². The number of aromatic nitrogens is 1. The first kappa shape index (κ1) is 9.85. The van der Waals surface area contributed by atoms with Crippen LogP contribution in [0.3, 0.4) is 0 Å². The van der Waals surface area contributed by atoms with E-state index in [4.69, 9.17) is 0 Å². The Morgan fingerprint density at radius 2 is 2.25 bits per heavy atom. The number of hydrogen-bond donors (Lipinski definition) is 2. The van der Waals surface area contributed by atoms with Crippen molar-refractivity contribution in [1.82, 2.24) is 10.3 Å². The molecule has 2 N–H and O–H groups in total. The van der Waals surface area contributed by atoms with Crippen molar-refractivity contribution in [3.63, 3.8) is 0 Å². The van der Waals surface area contributed by atoms with Gasteiger partial charge in [-0.1, -0.05) is 18.6 Å². The summed E-state index contributed by atoms with van der Waals surface area (Å²) in [6.07, 6.45) is 3.88. The van der Waals surface area contributed by atoms with E-state index in [2.05, 4.69) is 10.3 Å². The van der Waals surface area contributed by atoms with Gasteiger partial charge in [0.1, 0.15) is 5.82 Å². The second-order valence-corrected chi connectivity index (χ2v) is 4.51. The molecule has 1 heterocycles. The van der Waals surface area contributed by atoms with E-state index in [1.54, 1.807) is 6.07 Å². The lowest BCUT2D eigenvalue weighted by atomic mass is 9.93. The molecule has 2 nitrogen and oxygen atoms in total. The number of nitrogens with one attached hydrogen (secondary N) is 2. The third-order valence-corrected chi connectivity index (χ3v) is 3.35. The van der Waals surface area contributed by atoms with Crippen molar-refractivity contribution >= 4 is 10.9 Å². The number of fused-ring (bicyclic) bond motifs is 1. The summed E-state index contributed by atoms with van der Waals surface area (Å²) in [7, 11) is 0. The smallest absolute Gasteiger partial charge is 0.147 e. The van der Waals surface area contributed by atoms with Gasteiger partial charge in [0.15, 0.2) is 0 Å². The summed E-state index contributed by atoms with van der Waals surface area (Å²) in [6.45, 7) is 0.804. The van der Waals surface area contributed by atoms with Gasteiger partial charge in [0.05, 0.1) is 5.52 Å². The Balaban J connectivity index is 1.79. The molecule has 0 atom stereocenters. The first-order valence-corrected chi connectivity index (χ1v) is 5.82. The molecule has 0 saturated heterocycles. The molecule has 3 heteroatoms. The van der Waals surface area contributed by atoms with E-state index in [1.807, 2.05) is 12.1 Å². The van der Waals surface area contributed by atoms with Crippen molar-refractivity contribution in [2.75, 3.05) is 0 Å². The van der Waals surface area contributed by atoms with Gasteiger partial charge in [-0.2, -0.15) is 0 Å². The number of hydrogen-bond acceptors (Lipinski definition) is 1. The van der Waals surface area contributed by atoms with Gasteiger partial charge in [-0.3, -0.25) is 0 Å². The van der Waals surface area contributed by atoms with Gasteiger partial charge in [-0.05, 0) is 25.0 Å². The Morgan fingerprint density at radius 3 is 2.94 bits per heavy atom. The van der Waals surface area contributed by atoms with Crippen LogP contribution in [0.4, 0.5) is 4.39 Å². The molecule has 0 amide bonds. The van der Waals surface area contributed by atoms with Crippen LogP contribution in [-0.2, 0) is 6.54 Å². The minimum Gasteiger partial charge on any atom is -0.355 e. The predicted molar refractivity (Wildman–Crippen MR) is 62.7 cm³/mol. The Hall–Kier alpha value is -1.35. The predicted octanol–water partition coefficient (Wildman–Crippen LogP) is 2.95. The van der Waals surface area contributed by atoms with E-state index in [1.165, 1.54) is 25.3 Å². The zero-order valence-electron chi connectivity index (χ0n) is 9.09. The van der Waals surface area contributed by atoms with Crippen molar-refractivity contribution in [3.8, 4) is 0 Å². The minimum absolute atomic E-state index is 0.174. The molecule has 0 bridgehead atoms. The van der Waals surface area contributed by atoms with Crippen molar-refractivity contribution in [2.45, 2.75) is 31.8 Å². The third kappa shape index (κ3) is 1.71. The van der Waals surface area contributed by atoms with E-state index in [-0.39, 0.29) is 5.82 Å². The fraction of sp³-hybridized carbons (Fsp3) is 0.385. The standard InChI is InChI=1S/C13H15FN2/c14-12-6-1-3-9-7-11(16-13(9)12)8-15-10-4-2-5-10/h1,3,6-7,10,15-16H,2,4-5,8H2. The molecule has 1 saturated carbocycles. The van der Waals surface area contributed by atoms with Crippen molar-refractivity contribution in [2.24, 2.45) is 0 Å². The Morgan fingerprint density at radius 1 is 1.38 bits per heavy atom. The lowest BCUT2D eigenvalue weighted by molar-refractivity contribution is 0.337. The van der Waals surface area contributed by atoms with Crippen molar-refractivity contribution in [1.29, 1.82) is 0 Å². The van der Waals surface area contributed by atoms with Crippen LogP contribution in [0.1, 0.15) is 25.0 Å². The molecule has 1 aliphatic rings. The molecule has 0 spiro atoms. The average molecular weight is 218 g/mol. The normalized spacial score (nSPS) is 16.6. The highest BCUT2D eigenvalue weighted by molar-refractivity contribution is 5.80. The van der Waals surface area contributed by atoms with Crippen LogP contribution in [0.5, 0.6) is 0 Å². The molecule has 1 fully saturated rings. The first-order valence-electron chi connectivity index (χ1n) is 5.82. The molecule has 16 heavy (non-hydrogen) atoms. The van der Waals surface area contributed by atoms with Gasteiger partial charge in [0.25, 0.3) is 0 Å². The van der Waals surface area contributed by atoms with Crippen LogP contribution in [0.25, 0.3) is 10.9 Å². The number of rotatable bonds is 3. The third-order valence-electron chi connectivity index (χ3n) is 3.35. The molecule has 84 valence electrons. The Bertz CT molecular complexity index is 500. The SMILES string of the molecule is Fc1cccc2cc(CNC3CCC3)[nH]c12. The summed E-state index contributed by atoms with van der Waals surface area (Å²) in [5.41, 5.74) is 1.68. The molecule has 1 aliphatic carbocycles. The van der Waals surface area contributed by atoms with Gasteiger partial charge >= 0.3 is 0 Å². The van der Waals surface area contributed by atoms with Crippen LogP contribution in [0.15, 0.2) is 24.3 Å². The quantitative estimate of drug-likeness (QED) is 0.814. The molecule has 0 radical (unpaired) electrons. The maximum atomic E-state index is 13.4. The van der Waals surface area contributed by atoms with E-state index in [0.717, 1.165) is 17.6 Å². The lowest BCUT2D eigenvalue weighted by Gasteiger charge is -2.26. The molecule has 2 aromatic rings. The summed E-state index contributed by atoms with van der Waals surface area (Å²) in [5, 5.41) is 4.41. The summed E-state index contributed by atoms with van der Waals surface area (Å²) >= 11 is 0. The van der Waals surface area contributed by atoms with Crippen molar-refractivity contribution in [3.05, 3.63) is 35.8 Å². The first-order chi connectivity index (χ1) is 7.83. The number of H-pyrrole nitrogens is 1. The number of aromatic amines is 1. The number of halogens is 1.